The lowest BCUT2D eigenvalue weighted by atomic mass is 9.68. The molecule has 2 aliphatic heterocycles. The molecule has 8 heteroatoms. The highest BCUT2D eigenvalue weighted by molar-refractivity contribution is 7.57. The van der Waals surface area contributed by atoms with E-state index < -0.39 is 7.37 Å². The van der Waals surface area contributed by atoms with Crippen LogP contribution in [-0.2, 0) is 4.57 Å². The molecule has 3 heterocycles. The monoisotopic (exact) mass is 512 g/mol. The van der Waals surface area contributed by atoms with Crippen molar-refractivity contribution in [2.45, 2.75) is 94.8 Å². The van der Waals surface area contributed by atoms with Gasteiger partial charge in [0.25, 0.3) is 5.56 Å². The van der Waals surface area contributed by atoms with Gasteiger partial charge in [0, 0.05) is 43.5 Å². The average Bonchev–Trinajstić information content (AvgIpc) is 2.82. The van der Waals surface area contributed by atoms with E-state index in [0.29, 0.717) is 17.9 Å². The van der Waals surface area contributed by atoms with Gasteiger partial charge in [-0.15, -0.1) is 0 Å². The van der Waals surface area contributed by atoms with E-state index in [2.05, 4.69) is 15.2 Å². The maximum Gasteiger partial charge on any atom is 0.294 e. The van der Waals surface area contributed by atoms with E-state index in [1.165, 1.54) is 64.5 Å². The molecule has 1 unspecified atom stereocenters. The van der Waals surface area contributed by atoms with E-state index in [-0.39, 0.29) is 24.3 Å². The zero-order valence-corrected chi connectivity index (χ0v) is 22.4. The summed E-state index contributed by atoms with van der Waals surface area (Å²) in [6.07, 6.45) is 14.5. The Morgan fingerprint density at radius 3 is 2.31 bits per heavy atom. The standard InChI is InChI=1S/C28H41N4O3P/c1-36(34,35)13-12-29-27-28(33)32(26-11-3-2-10-25(26)30-27)24-17-21-8-5-9-22(18-24)31(21)23-15-19-6-4-7-20(14-19)16-23/h2-3,10-11,19-24H,4-9,12-18H2,1H3,(H,29,30)(H,34,35)/t19-,20+,21-,22+,23+,24+. The second-order valence-corrected chi connectivity index (χ2v) is 14.7. The van der Waals surface area contributed by atoms with Crippen LogP contribution in [0.15, 0.2) is 29.1 Å². The zero-order chi connectivity index (χ0) is 24.9. The third kappa shape index (κ3) is 4.91. The Kier molecular flexibility index (Phi) is 6.76. The van der Waals surface area contributed by atoms with Crippen molar-refractivity contribution in [3.05, 3.63) is 34.6 Å². The van der Waals surface area contributed by atoms with E-state index in [9.17, 15) is 14.3 Å². The number of nitrogens with zero attached hydrogens (tertiary/aromatic N) is 3. The van der Waals surface area contributed by atoms with Crippen LogP contribution >= 0.6 is 7.37 Å². The van der Waals surface area contributed by atoms with Crippen molar-refractivity contribution in [2.24, 2.45) is 11.8 Å². The third-order valence-corrected chi connectivity index (χ3v) is 10.6. The predicted molar refractivity (Wildman–Crippen MR) is 145 cm³/mol. The molecule has 2 saturated carbocycles. The number of rotatable bonds is 6. The molecule has 36 heavy (non-hydrogen) atoms. The second-order valence-electron chi connectivity index (χ2n) is 12.2. The summed E-state index contributed by atoms with van der Waals surface area (Å²) in [5.74, 6) is 2.16. The summed E-state index contributed by atoms with van der Waals surface area (Å²) in [4.78, 5) is 31.0. The predicted octanol–water partition coefficient (Wildman–Crippen LogP) is 5.24. The largest absolute Gasteiger partial charge is 0.365 e. The van der Waals surface area contributed by atoms with Crippen molar-refractivity contribution in [2.75, 3.05) is 24.7 Å². The van der Waals surface area contributed by atoms with Gasteiger partial charge in [0.1, 0.15) is 0 Å². The molecule has 1 aromatic carbocycles. The SMILES string of the molecule is CP(=O)(O)CCNc1nc2ccccc2n([C@H]2C[C@H]3CCC[C@@H](C2)N3[C@H]2C[C@@H]3CCC[C@@H](C3)C2)c1=O. The van der Waals surface area contributed by atoms with Crippen LogP contribution in [0.3, 0.4) is 0 Å². The maximum atomic E-state index is 13.8. The number of hydrogen-bond donors (Lipinski definition) is 2. The van der Waals surface area contributed by atoms with E-state index >= 15 is 0 Å². The summed E-state index contributed by atoms with van der Waals surface area (Å²) in [6.45, 7) is 1.62. The van der Waals surface area contributed by atoms with E-state index in [0.717, 1.165) is 41.8 Å². The van der Waals surface area contributed by atoms with Crippen molar-refractivity contribution in [3.63, 3.8) is 0 Å². The van der Waals surface area contributed by atoms with Gasteiger partial charge in [-0.1, -0.05) is 37.8 Å². The first-order chi connectivity index (χ1) is 17.4. The number of para-hydroxylation sites is 2. The van der Waals surface area contributed by atoms with Gasteiger partial charge in [0.2, 0.25) is 0 Å². The van der Waals surface area contributed by atoms with Gasteiger partial charge in [0.15, 0.2) is 13.2 Å². The number of nitrogens with one attached hydrogen (secondary N) is 1. The molecule has 1 aromatic heterocycles. The minimum Gasteiger partial charge on any atom is -0.365 e. The molecular weight excluding hydrogens is 471 g/mol. The molecule has 0 spiro atoms. The summed E-state index contributed by atoms with van der Waals surface area (Å²) in [6, 6.07) is 9.94. The Labute approximate surface area is 214 Å². The molecule has 2 N–H and O–H groups in total. The van der Waals surface area contributed by atoms with Crippen molar-refractivity contribution in [3.8, 4) is 0 Å². The highest BCUT2D eigenvalue weighted by Gasteiger charge is 2.45. The highest BCUT2D eigenvalue weighted by Crippen LogP contribution is 2.47. The normalized spacial score (nSPS) is 34.3. The van der Waals surface area contributed by atoms with Crippen LogP contribution in [0.4, 0.5) is 5.82 Å². The van der Waals surface area contributed by atoms with Crippen LogP contribution in [0.2, 0.25) is 0 Å². The lowest BCUT2D eigenvalue weighted by Crippen LogP contribution is -2.58. The van der Waals surface area contributed by atoms with Crippen LogP contribution in [0.1, 0.15) is 76.7 Å². The summed E-state index contributed by atoms with van der Waals surface area (Å²) in [5.41, 5.74) is 1.61. The number of hydrogen-bond acceptors (Lipinski definition) is 5. The molecule has 4 bridgehead atoms. The van der Waals surface area contributed by atoms with Crippen molar-refractivity contribution in [1.82, 2.24) is 14.5 Å². The van der Waals surface area contributed by atoms with Crippen LogP contribution in [-0.4, -0.2) is 56.8 Å². The zero-order valence-electron chi connectivity index (χ0n) is 21.5. The molecule has 2 saturated heterocycles. The smallest absolute Gasteiger partial charge is 0.294 e. The van der Waals surface area contributed by atoms with Gasteiger partial charge in [-0.25, -0.2) is 4.98 Å². The van der Waals surface area contributed by atoms with Crippen molar-refractivity contribution in [1.29, 1.82) is 0 Å². The Hall–Kier alpha value is -1.69. The fourth-order valence-corrected chi connectivity index (χ4v) is 8.68. The third-order valence-electron chi connectivity index (χ3n) is 9.51. The van der Waals surface area contributed by atoms with Gasteiger partial charge in [0.05, 0.1) is 11.0 Å². The lowest BCUT2D eigenvalue weighted by molar-refractivity contribution is -0.0485. The summed E-state index contributed by atoms with van der Waals surface area (Å²) in [5, 5.41) is 3.09. The number of piperidine rings is 2. The van der Waals surface area contributed by atoms with Crippen molar-refractivity contribution < 1.29 is 9.46 Å². The van der Waals surface area contributed by atoms with Gasteiger partial charge >= 0.3 is 0 Å². The Morgan fingerprint density at radius 1 is 0.944 bits per heavy atom. The Morgan fingerprint density at radius 2 is 1.61 bits per heavy atom. The maximum absolute atomic E-state index is 13.8. The fourth-order valence-electron chi connectivity index (χ4n) is 8.15. The van der Waals surface area contributed by atoms with Gasteiger partial charge in [-0.3, -0.25) is 14.3 Å². The lowest BCUT2D eigenvalue weighted by Gasteiger charge is -2.55. The summed E-state index contributed by atoms with van der Waals surface area (Å²) >= 11 is 0. The number of benzene rings is 1. The van der Waals surface area contributed by atoms with E-state index in [1.807, 2.05) is 28.8 Å². The number of aromatic nitrogens is 2. The first kappa shape index (κ1) is 24.6. The minimum atomic E-state index is -3.15. The molecule has 7 nitrogen and oxygen atoms in total. The summed E-state index contributed by atoms with van der Waals surface area (Å²) in [7, 11) is -3.15. The molecule has 4 fully saturated rings. The molecule has 7 atom stereocenters. The molecule has 0 amide bonds. The topological polar surface area (TPSA) is 87.5 Å². The van der Waals surface area contributed by atoms with Gasteiger partial charge < -0.3 is 14.8 Å². The first-order valence-corrected chi connectivity index (χ1v) is 16.5. The van der Waals surface area contributed by atoms with Gasteiger partial charge in [-0.05, 0) is 68.9 Å². The Balaban J connectivity index is 1.29. The fraction of sp³-hybridized carbons (Fsp3) is 0.714. The Bertz CT molecular complexity index is 1180. The molecule has 0 radical (unpaired) electrons. The molecule has 4 aliphatic rings. The average molecular weight is 513 g/mol. The highest BCUT2D eigenvalue weighted by atomic mass is 31.2. The van der Waals surface area contributed by atoms with Crippen LogP contribution in [0.25, 0.3) is 11.0 Å². The second kappa shape index (κ2) is 9.89. The number of fused-ring (bicyclic) bond motifs is 5. The number of anilines is 1. The minimum absolute atomic E-state index is 0.0960. The van der Waals surface area contributed by atoms with E-state index in [4.69, 9.17) is 0 Å². The van der Waals surface area contributed by atoms with Crippen LogP contribution < -0.4 is 10.9 Å². The van der Waals surface area contributed by atoms with E-state index in [1.54, 1.807) is 0 Å². The quantitative estimate of drug-likeness (QED) is 0.515. The van der Waals surface area contributed by atoms with Crippen LogP contribution in [0, 0.1) is 11.8 Å². The molecule has 2 aliphatic carbocycles. The molecule has 6 rings (SSSR count). The first-order valence-electron chi connectivity index (χ1n) is 14.2. The summed E-state index contributed by atoms with van der Waals surface area (Å²) < 4.78 is 13.8. The van der Waals surface area contributed by atoms with Gasteiger partial charge in [-0.2, -0.15) is 0 Å². The molecule has 2 aromatic rings. The molecular formula is C28H41N4O3P. The molecule has 196 valence electrons. The van der Waals surface area contributed by atoms with Crippen molar-refractivity contribution >= 4 is 24.2 Å². The van der Waals surface area contributed by atoms with Crippen LogP contribution in [0.5, 0.6) is 0 Å².